The molecular formula is C53H90O15. The predicted octanol–water partition coefficient (Wildman–Crippen LogP) is 7.27. The molecule has 0 aromatic carbocycles. The summed E-state index contributed by atoms with van der Waals surface area (Å²) >= 11 is 0. The van der Waals surface area contributed by atoms with Crippen molar-refractivity contribution in [2.24, 2.45) is 0 Å². The molecule has 0 aromatic heterocycles. The van der Waals surface area contributed by atoms with Gasteiger partial charge in [0.25, 0.3) is 0 Å². The lowest BCUT2D eigenvalue weighted by Crippen LogP contribution is -2.61. The van der Waals surface area contributed by atoms with Gasteiger partial charge in [-0.1, -0.05) is 152 Å². The summed E-state index contributed by atoms with van der Waals surface area (Å²) in [4.78, 5) is 25.7. The van der Waals surface area contributed by atoms with Crippen LogP contribution in [0.15, 0.2) is 60.8 Å². The molecule has 15 nitrogen and oxygen atoms in total. The third-order valence-electron chi connectivity index (χ3n) is 12.0. The maximum atomic E-state index is 13.0. The van der Waals surface area contributed by atoms with Crippen LogP contribution in [0, 0.1) is 0 Å². The van der Waals surface area contributed by atoms with Crippen LogP contribution < -0.4 is 0 Å². The summed E-state index contributed by atoms with van der Waals surface area (Å²) in [5.74, 6) is -1.05. The zero-order valence-electron chi connectivity index (χ0n) is 41.3. The first-order valence-corrected chi connectivity index (χ1v) is 25.9. The van der Waals surface area contributed by atoms with Crippen LogP contribution in [-0.2, 0) is 38.0 Å². The minimum atomic E-state index is -1.78. The van der Waals surface area contributed by atoms with E-state index in [0.717, 1.165) is 38.5 Å². The Morgan fingerprint density at radius 1 is 0.471 bits per heavy atom. The maximum absolute atomic E-state index is 13.0. The Labute approximate surface area is 407 Å². The number of esters is 2. The van der Waals surface area contributed by atoms with E-state index in [1.54, 1.807) is 0 Å². The van der Waals surface area contributed by atoms with Gasteiger partial charge >= 0.3 is 11.9 Å². The molecule has 15 heteroatoms. The molecule has 0 saturated carbocycles. The summed E-state index contributed by atoms with van der Waals surface area (Å²) in [7, 11) is 0. The highest BCUT2D eigenvalue weighted by Crippen LogP contribution is 2.26. The van der Waals surface area contributed by atoms with Crippen LogP contribution >= 0.6 is 0 Å². The number of carbonyl (C=O) groups excluding carboxylic acids is 2. The second-order valence-electron chi connectivity index (χ2n) is 18.0. The first-order valence-electron chi connectivity index (χ1n) is 25.9. The van der Waals surface area contributed by atoms with Gasteiger partial charge in [-0.25, -0.2) is 0 Å². The molecule has 4 unspecified atom stereocenters. The van der Waals surface area contributed by atoms with Gasteiger partial charge in [-0.3, -0.25) is 9.59 Å². The first kappa shape index (κ1) is 61.3. The van der Waals surface area contributed by atoms with Crippen LogP contribution in [0.5, 0.6) is 0 Å². The number of rotatable bonds is 39. The molecular weight excluding hydrogens is 877 g/mol. The summed E-state index contributed by atoms with van der Waals surface area (Å²) in [6.45, 7) is 2.46. The van der Waals surface area contributed by atoms with Crippen molar-refractivity contribution in [1.82, 2.24) is 0 Å². The molecule has 2 heterocycles. The number of hydrogen-bond donors (Lipinski definition) is 7. The monoisotopic (exact) mass is 967 g/mol. The van der Waals surface area contributed by atoms with E-state index < -0.39 is 99.3 Å². The summed E-state index contributed by atoms with van der Waals surface area (Å²) < 4.78 is 33.4. The average Bonchev–Trinajstić information content (AvgIpc) is 3.33. The molecule has 0 aliphatic carbocycles. The fourth-order valence-electron chi connectivity index (χ4n) is 7.70. The summed E-state index contributed by atoms with van der Waals surface area (Å²) in [5, 5.41) is 72.0. The Hall–Kier alpha value is -2.80. The first-order chi connectivity index (χ1) is 33.0. The topological polar surface area (TPSA) is 231 Å². The van der Waals surface area contributed by atoms with Crippen molar-refractivity contribution in [3.8, 4) is 0 Å². The number of ether oxygens (including phenoxy) is 6. The van der Waals surface area contributed by atoms with E-state index >= 15 is 0 Å². The van der Waals surface area contributed by atoms with Gasteiger partial charge in [-0.2, -0.15) is 0 Å². The van der Waals surface area contributed by atoms with Gasteiger partial charge < -0.3 is 64.2 Å². The van der Waals surface area contributed by atoms with Gasteiger partial charge in [0, 0.05) is 12.8 Å². The molecule has 0 spiro atoms. The predicted molar refractivity (Wildman–Crippen MR) is 261 cm³/mol. The zero-order valence-corrected chi connectivity index (χ0v) is 41.3. The Bertz CT molecular complexity index is 1420. The normalized spacial score (nSPS) is 26.2. The fraction of sp³-hybridized carbons (Fsp3) is 0.774. The third kappa shape index (κ3) is 27.6. The van der Waals surface area contributed by atoms with E-state index in [0.29, 0.717) is 19.3 Å². The van der Waals surface area contributed by atoms with Crippen molar-refractivity contribution in [1.29, 1.82) is 0 Å². The van der Waals surface area contributed by atoms with E-state index in [4.69, 9.17) is 28.4 Å². The van der Waals surface area contributed by atoms with Crippen LogP contribution in [0.1, 0.15) is 168 Å². The van der Waals surface area contributed by atoms with E-state index in [1.165, 1.54) is 83.5 Å². The quantitative estimate of drug-likeness (QED) is 0.0183. The van der Waals surface area contributed by atoms with Crippen LogP contribution in [0.2, 0.25) is 0 Å². The molecule has 0 radical (unpaired) electrons. The number of carbonyl (C=O) groups is 2. The molecule has 2 saturated heterocycles. The molecule has 2 aliphatic rings. The Morgan fingerprint density at radius 3 is 1.49 bits per heavy atom. The lowest BCUT2D eigenvalue weighted by Gasteiger charge is -2.42. The highest BCUT2D eigenvalue weighted by atomic mass is 16.7. The number of hydrogen-bond acceptors (Lipinski definition) is 15. The van der Waals surface area contributed by atoms with E-state index in [2.05, 4.69) is 62.5 Å². The molecule has 68 heavy (non-hydrogen) atoms. The minimum absolute atomic E-state index is 0.0686. The van der Waals surface area contributed by atoms with Gasteiger partial charge in [0.05, 0.1) is 19.8 Å². The van der Waals surface area contributed by atoms with Crippen LogP contribution in [0.25, 0.3) is 0 Å². The van der Waals surface area contributed by atoms with Crippen molar-refractivity contribution in [2.45, 2.75) is 235 Å². The zero-order chi connectivity index (χ0) is 49.6. The standard InChI is InChI=1S/C53H90O15/c1-3-5-7-9-11-13-15-17-19-20-22-23-25-27-29-31-33-35-44(55)63-38-41(66-45(56)36-34-32-30-28-26-24-21-18-16-14-12-10-8-6-4-2)39-64-52-51(62)49(60)47(58)43(68-52)40-65-53-50(61)48(59)46(57)42(37-54)67-53/h11,13,17,19,22-23,27,29-30,32,41-43,46-54,57-62H,3-10,12,14-16,18,20-21,24-26,28,31,33-40H2,1-2H3/b13-11+,19-17+,23-22+,29-27+,32-30+/t41-,42+,43+,46-,47-,48?,49?,50?,51?,52+,53+/m0/s1. The molecule has 0 bridgehead atoms. The van der Waals surface area contributed by atoms with Crippen molar-refractivity contribution < 1.29 is 73.8 Å². The highest BCUT2D eigenvalue weighted by molar-refractivity contribution is 5.70. The SMILES string of the molecule is CCCCC/C=C/C/C=C/C/C=C/C/C=C/CCCC(=O)OC[C@@H](CO[C@@H]1O[C@H](CO[C@@H]2O[C@H](CO)[C@H](O)C(O)C2O)[C@H](O)C(O)C1O)OC(=O)CC/C=C/CCCCCCCCCCCCC. The Kier molecular flexibility index (Phi) is 36.0. The van der Waals surface area contributed by atoms with Crippen LogP contribution in [-0.4, -0.2) is 142 Å². The van der Waals surface area contributed by atoms with E-state index in [-0.39, 0.29) is 19.4 Å². The van der Waals surface area contributed by atoms with Crippen molar-refractivity contribution in [3.63, 3.8) is 0 Å². The lowest BCUT2D eigenvalue weighted by molar-refractivity contribution is -0.332. The smallest absolute Gasteiger partial charge is 0.306 e. The third-order valence-corrected chi connectivity index (χ3v) is 12.0. The molecule has 7 N–H and O–H groups in total. The second-order valence-corrected chi connectivity index (χ2v) is 18.0. The Morgan fingerprint density at radius 2 is 0.912 bits per heavy atom. The lowest BCUT2D eigenvalue weighted by atomic mass is 9.98. The van der Waals surface area contributed by atoms with E-state index in [1.807, 2.05) is 12.2 Å². The fourth-order valence-corrected chi connectivity index (χ4v) is 7.70. The number of allylic oxidation sites excluding steroid dienone is 10. The number of aliphatic hydroxyl groups is 7. The largest absolute Gasteiger partial charge is 0.462 e. The van der Waals surface area contributed by atoms with Crippen molar-refractivity contribution >= 4 is 11.9 Å². The van der Waals surface area contributed by atoms with Gasteiger partial charge in [0.2, 0.25) is 0 Å². The molecule has 2 fully saturated rings. The van der Waals surface area contributed by atoms with Gasteiger partial charge in [-0.15, -0.1) is 0 Å². The molecule has 392 valence electrons. The van der Waals surface area contributed by atoms with Crippen molar-refractivity contribution in [3.05, 3.63) is 60.8 Å². The van der Waals surface area contributed by atoms with Gasteiger partial charge in [0.1, 0.15) is 55.4 Å². The summed E-state index contributed by atoms with van der Waals surface area (Å²) in [6, 6.07) is 0. The highest BCUT2D eigenvalue weighted by Gasteiger charge is 2.47. The second kappa shape index (κ2) is 39.9. The molecule has 2 rings (SSSR count). The van der Waals surface area contributed by atoms with Crippen molar-refractivity contribution in [2.75, 3.05) is 26.4 Å². The summed E-state index contributed by atoms with van der Waals surface area (Å²) in [5.41, 5.74) is 0. The molecule has 2 aliphatic heterocycles. The van der Waals surface area contributed by atoms with E-state index in [9.17, 15) is 45.3 Å². The van der Waals surface area contributed by atoms with Gasteiger partial charge in [0.15, 0.2) is 18.7 Å². The number of unbranched alkanes of at least 4 members (excludes halogenated alkanes) is 15. The van der Waals surface area contributed by atoms with Crippen LogP contribution in [0.4, 0.5) is 0 Å². The number of aliphatic hydroxyl groups excluding tert-OH is 7. The molecule has 0 amide bonds. The summed E-state index contributed by atoms with van der Waals surface area (Å²) in [6.07, 6.45) is 28.4. The molecule has 0 aromatic rings. The molecule has 11 atom stereocenters. The maximum Gasteiger partial charge on any atom is 0.306 e. The van der Waals surface area contributed by atoms with Gasteiger partial charge in [-0.05, 0) is 64.2 Å². The van der Waals surface area contributed by atoms with Crippen LogP contribution in [0.3, 0.4) is 0 Å². The Balaban J connectivity index is 1.85. The minimum Gasteiger partial charge on any atom is -0.462 e. The average molecular weight is 967 g/mol.